The molecule has 25 heavy (non-hydrogen) atoms. The van der Waals surface area contributed by atoms with Crippen LogP contribution in [0, 0.1) is 40.3 Å². The summed E-state index contributed by atoms with van der Waals surface area (Å²) in [5.41, 5.74) is 9.14. The maximum Gasteiger partial charge on any atom is 0.420 e. The van der Waals surface area contributed by atoms with E-state index in [0.717, 1.165) is 0 Å². The molecule has 0 unspecified atom stereocenters. The lowest BCUT2D eigenvalue weighted by molar-refractivity contribution is 0.266. The fourth-order valence-corrected chi connectivity index (χ4v) is 3.61. The number of rotatable bonds is 6. The Morgan fingerprint density at radius 3 is 0.840 bits per heavy atom. The van der Waals surface area contributed by atoms with Crippen LogP contribution in [0.25, 0.3) is 0 Å². The molecule has 0 radical (unpaired) electrons. The van der Waals surface area contributed by atoms with Crippen LogP contribution < -0.4 is 0 Å². The SMILES string of the molecule is CO[Si](C)(C#CC(C#C[Si](C)(OC)OC)C#C[Si](C)(OC)OC)OC. The van der Waals surface area contributed by atoms with Crippen molar-refractivity contribution in [2.75, 3.05) is 42.7 Å². The van der Waals surface area contributed by atoms with Crippen LogP contribution in [0.2, 0.25) is 19.6 Å². The van der Waals surface area contributed by atoms with Crippen LogP contribution in [0.15, 0.2) is 0 Å². The minimum absolute atomic E-state index is 0.522. The molecular weight excluding hydrogens is 372 g/mol. The molecule has 0 aliphatic rings. The van der Waals surface area contributed by atoms with Gasteiger partial charge >= 0.3 is 25.7 Å². The third-order valence-electron chi connectivity index (χ3n) is 3.67. The van der Waals surface area contributed by atoms with Crippen molar-refractivity contribution in [3.63, 3.8) is 0 Å². The highest BCUT2D eigenvalue weighted by atomic mass is 28.4. The normalized spacial score (nSPS) is 11.8. The van der Waals surface area contributed by atoms with Crippen LogP contribution in [-0.4, -0.2) is 68.3 Å². The Labute approximate surface area is 155 Å². The largest absolute Gasteiger partial charge is 0.420 e. The molecule has 0 aliphatic heterocycles. The molecule has 0 rings (SSSR count). The van der Waals surface area contributed by atoms with Crippen molar-refractivity contribution in [3.8, 4) is 34.4 Å². The van der Waals surface area contributed by atoms with Crippen molar-refractivity contribution in [1.82, 2.24) is 0 Å². The van der Waals surface area contributed by atoms with E-state index in [1.165, 1.54) is 0 Å². The summed E-state index contributed by atoms with van der Waals surface area (Å²) in [5, 5.41) is 0. The Morgan fingerprint density at radius 1 is 0.480 bits per heavy atom. The molecule has 0 bridgehead atoms. The molecule has 0 N–H and O–H groups in total. The molecule has 0 atom stereocenters. The van der Waals surface area contributed by atoms with Gasteiger partial charge < -0.3 is 26.6 Å². The topological polar surface area (TPSA) is 55.4 Å². The van der Waals surface area contributed by atoms with Gasteiger partial charge in [0.25, 0.3) is 0 Å². The Hall–Kier alpha value is -0.909. The van der Waals surface area contributed by atoms with Gasteiger partial charge in [-0.1, -0.05) is 34.4 Å². The molecule has 0 saturated carbocycles. The summed E-state index contributed by atoms with van der Waals surface area (Å²) in [6, 6.07) is 0. The zero-order chi connectivity index (χ0) is 19.6. The summed E-state index contributed by atoms with van der Waals surface area (Å²) >= 11 is 0. The lowest BCUT2D eigenvalue weighted by Gasteiger charge is -2.16. The lowest BCUT2D eigenvalue weighted by atomic mass is 10.2. The molecule has 0 aromatic heterocycles. The Kier molecular flexibility index (Phi) is 10.5. The van der Waals surface area contributed by atoms with E-state index in [9.17, 15) is 0 Å². The van der Waals surface area contributed by atoms with Gasteiger partial charge in [-0.2, -0.15) is 0 Å². The monoisotopic (exact) mass is 400 g/mol. The molecule has 0 aromatic rings. The molecule has 0 aromatic carbocycles. The van der Waals surface area contributed by atoms with Crippen LogP contribution in [0.1, 0.15) is 0 Å². The van der Waals surface area contributed by atoms with Gasteiger partial charge in [-0.25, -0.2) is 0 Å². The Bertz CT molecular complexity index is 507. The van der Waals surface area contributed by atoms with Crippen LogP contribution >= 0.6 is 0 Å². The first kappa shape index (κ1) is 24.1. The zero-order valence-corrected chi connectivity index (χ0v) is 19.5. The summed E-state index contributed by atoms with van der Waals surface area (Å²) in [6.07, 6.45) is 0. The van der Waals surface area contributed by atoms with E-state index in [0.29, 0.717) is 0 Å². The maximum atomic E-state index is 5.38. The highest BCUT2D eigenvalue weighted by molar-refractivity contribution is 6.75. The maximum absolute atomic E-state index is 5.38. The van der Waals surface area contributed by atoms with Gasteiger partial charge in [-0.3, -0.25) is 0 Å². The third-order valence-corrected chi connectivity index (χ3v) is 10.1. The van der Waals surface area contributed by atoms with Crippen molar-refractivity contribution in [1.29, 1.82) is 0 Å². The summed E-state index contributed by atoms with van der Waals surface area (Å²) in [6.45, 7) is 5.55. The molecule has 0 fully saturated rings. The van der Waals surface area contributed by atoms with Gasteiger partial charge in [-0.05, 0) is 19.6 Å². The van der Waals surface area contributed by atoms with Crippen molar-refractivity contribution in [3.05, 3.63) is 0 Å². The van der Waals surface area contributed by atoms with E-state index in [1.807, 2.05) is 19.6 Å². The van der Waals surface area contributed by atoms with Crippen LogP contribution in [-0.2, 0) is 26.6 Å². The van der Waals surface area contributed by atoms with Crippen molar-refractivity contribution < 1.29 is 26.6 Å². The zero-order valence-electron chi connectivity index (χ0n) is 16.5. The summed E-state index contributed by atoms with van der Waals surface area (Å²) in [5.74, 6) is 8.60. The molecular formula is C16H28O6Si3. The minimum Gasteiger partial charge on any atom is -0.389 e. The van der Waals surface area contributed by atoms with Gasteiger partial charge in [0.1, 0.15) is 5.92 Å². The Morgan fingerprint density at radius 2 is 0.680 bits per heavy atom. The molecule has 6 nitrogen and oxygen atoms in total. The predicted molar refractivity (Wildman–Crippen MR) is 104 cm³/mol. The molecule has 0 heterocycles. The Balaban J connectivity index is 5.84. The van der Waals surface area contributed by atoms with Crippen molar-refractivity contribution in [2.24, 2.45) is 5.92 Å². The fraction of sp³-hybridized carbons (Fsp3) is 0.625. The summed E-state index contributed by atoms with van der Waals surface area (Å²) in [4.78, 5) is 0. The predicted octanol–water partition coefficient (Wildman–Crippen LogP) is 1.32. The first-order valence-electron chi connectivity index (χ1n) is 7.54. The fourth-order valence-electron chi connectivity index (χ4n) is 1.27. The standard InChI is InChI=1S/C16H28O6Si3/c1-17-23(7,18-2)13-10-16(11-14-24(8,19-3)20-4)12-15-25(9,21-5)22-6/h16H,1-9H3. The summed E-state index contributed by atoms with van der Waals surface area (Å²) < 4.78 is 32.3. The lowest BCUT2D eigenvalue weighted by Crippen LogP contribution is -2.35. The molecule has 0 aliphatic carbocycles. The molecule has 9 heteroatoms. The average molecular weight is 401 g/mol. The number of hydrogen-bond donors (Lipinski definition) is 0. The van der Waals surface area contributed by atoms with Gasteiger partial charge in [0.05, 0.1) is 0 Å². The van der Waals surface area contributed by atoms with E-state index < -0.39 is 31.6 Å². The van der Waals surface area contributed by atoms with Gasteiger partial charge in [0.2, 0.25) is 0 Å². The molecule has 140 valence electrons. The van der Waals surface area contributed by atoms with E-state index in [2.05, 4.69) is 34.4 Å². The van der Waals surface area contributed by atoms with Crippen LogP contribution in [0.3, 0.4) is 0 Å². The van der Waals surface area contributed by atoms with Gasteiger partial charge in [-0.15, -0.1) is 0 Å². The quantitative estimate of drug-likeness (QED) is 0.495. The second kappa shape index (κ2) is 10.9. The van der Waals surface area contributed by atoms with Gasteiger partial charge in [0, 0.05) is 42.7 Å². The highest BCUT2D eigenvalue weighted by Gasteiger charge is 2.29. The third kappa shape index (κ3) is 8.34. The molecule has 0 spiro atoms. The average Bonchev–Trinajstić information content (AvgIpc) is 2.66. The molecule has 0 saturated heterocycles. The first-order chi connectivity index (χ1) is 11.6. The van der Waals surface area contributed by atoms with Crippen LogP contribution in [0.4, 0.5) is 0 Å². The summed E-state index contributed by atoms with van der Waals surface area (Å²) in [7, 11) is 1.85. The second-order valence-electron chi connectivity index (χ2n) is 5.30. The number of hydrogen-bond acceptors (Lipinski definition) is 6. The van der Waals surface area contributed by atoms with E-state index in [1.54, 1.807) is 42.7 Å². The second-order valence-corrected chi connectivity index (χ2v) is 14.2. The molecule has 0 amide bonds. The van der Waals surface area contributed by atoms with Crippen LogP contribution in [0.5, 0.6) is 0 Å². The van der Waals surface area contributed by atoms with E-state index >= 15 is 0 Å². The first-order valence-corrected chi connectivity index (χ1v) is 14.5. The smallest absolute Gasteiger partial charge is 0.389 e. The highest BCUT2D eigenvalue weighted by Crippen LogP contribution is 2.06. The van der Waals surface area contributed by atoms with Crippen molar-refractivity contribution >= 4 is 25.7 Å². The van der Waals surface area contributed by atoms with Crippen molar-refractivity contribution in [2.45, 2.75) is 19.6 Å². The van der Waals surface area contributed by atoms with E-state index in [-0.39, 0.29) is 0 Å². The van der Waals surface area contributed by atoms with Gasteiger partial charge in [0.15, 0.2) is 0 Å². The van der Waals surface area contributed by atoms with E-state index in [4.69, 9.17) is 26.6 Å². The minimum atomic E-state index is -2.54.